The number of esters is 1. The standard InChI is InChI=1S/C24H24O3/c1-15-12-19(23-10-8-21(14-16(23)2)27-18(4)25)6-9-22(15)20-7-11-24(26-5)17(3)13-20/h6-14H,1-5H3. The maximum atomic E-state index is 11.1. The Bertz CT molecular complexity index is 1000. The first kappa shape index (κ1) is 18.7. The number of carbonyl (C=O) groups excluding carboxylic acids is 1. The van der Waals surface area contributed by atoms with Crippen molar-refractivity contribution >= 4 is 5.97 Å². The fraction of sp³-hybridized carbons (Fsp3) is 0.208. The van der Waals surface area contributed by atoms with E-state index in [0.717, 1.165) is 28.0 Å². The lowest BCUT2D eigenvalue weighted by molar-refractivity contribution is -0.131. The van der Waals surface area contributed by atoms with E-state index in [1.54, 1.807) is 7.11 Å². The molecule has 3 heteroatoms. The Morgan fingerprint density at radius 3 is 1.81 bits per heavy atom. The van der Waals surface area contributed by atoms with Crippen molar-refractivity contribution in [1.82, 2.24) is 0 Å². The highest BCUT2D eigenvalue weighted by Crippen LogP contribution is 2.33. The van der Waals surface area contributed by atoms with E-state index in [-0.39, 0.29) is 5.97 Å². The molecule has 0 saturated heterocycles. The average molecular weight is 360 g/mol. The third-order valence-corrected chi connectivity index (χ3v) is 4.70. The second-order valence-corrected chi connectivity index (χ2v) is 6.78. The van der Waals surface area contributed by atoms with Crippen LogP contribution in [0, 0.1) is 20.8 Å². The molecule has 0 spiro atoms. The van der Waals surface area contributed by atoms with Crippen molar-refractivity contribution in [3.63, 3.8) is 0 Å². The van der Waals surface area contributed by atoms with Crippen LogP contribution in [-0.4, -0.2) is 13.1 Å². The van der Waals surface area contributed by atoms with E-state index in [1.807, 2.05) is 31.2 Å². The van der Waals surface area contributed by atoms with E-state index in [1.165, 1.54) is 23.6 Å². The van der Waals surface area contributed by atoms with Crippen LogP contribution in [0.4, 0.5) is 0 Å². The number of rotatable bonds is 4. The van der Waals surface area contributed by atoms with E-state index in [9.17, 15) is 4.79 Å². The summed E-state index contributed by atoms with van der Waals surface area (Å²) in [4.78, 5) is 11.1. The highest BCUT2D eigenvalue weighted by atomic mass is 16.5. The van der Waals surface area contributed by atoms with Crippen LogP contribution < -0.4 is 9.47 Å². The van der Waals surface area contributed by atoms with Crippen LogP contribution in [0.25, 0.3) is 22.3 Å². The van der Waals surface area contributed by atoms with E-state index >= 15 is 0 Å². The molecule has 0 unspecified atom stereocenters. The number of aryl methyl sites for hydroxylation is 3. The second-order valence-electron chi connectivity index (χ2n) is 6.78. The van der Waals surface area contributed by atoms with Gasteiger partial charge < -0.3 is 9.47 Å². The average Bonchev–Trinajstić information content (AvgIpc) is 2.61. The fourth-order valence-electron chi connectivity index (χ4n) is 3.39. The Morgan fingerprint density at radius 1 is 0.741 bits per heavy atom. The largest absolute Gasteiger partial charge is 0.496 e. The zero-order chi connectivity index (χ0) is 19.6. The van der Waals surface area contributed by atoms with Gasteiger partial charge in [0.05, 0.1) is 7.11 Å². The maximum Gasteiger partial charge on any atom is 0.308 e. The summed E-state index contributed by atoms with van der Waals surface area (Å²) in [6.45, 7) is 7.62. The number of methoxy groups -OCH3 is 1. The summed E-state index contributed by atoms with van der Waals surface area (Å²) < 4.78 is 10.5. The molecule has 0 aromatic heterocycles. The van der Waals surface area contributed by atoms with E-state index in [4.69, 9.17) is 9.47 Å². The normalized spacial score (nSPS) is 10.6. The van der Waals surface area contributed by atoms with Crippen molar-refractivity contribution in [3.05, 3.63) is 71.3 Å². The Morgan fingerprint density at radius 2 is 1.30 bits per heavy atom. The predicted molar refractivity (Wildman–Crippen MR) is 109 cm³/mol. The first-order valence-corrected chi connectivity index (χ1v) is 8.94. The van der Waals surface area contributed by atoms with Crippen molar-refractivity contribution in [2.24, 2.45) is 0 Å². The molecular formula is C24H24O3. The molecule has 0 amide bonds. The quantitative estimate of drug-likeness (QED) is 0.430. The zero-order valence-electron chi connectivity index (χ0n) is 16.4. The molecule has 0 N–H and O–H groups in total. The molecular weight excluding hydrogens is 336 g/mol. The smallest absolute Gasteiger partial charge is 0.308 e. The van der Waals surface area contributed by atoms with Gasteiger partial charge in [0.2, 0.25) is 0 Å². The maximum absolute atomic E-state index is 11.1. The Kier molecular flexibility index (Phi) is 5.31. The molecule has 0 fully saturated rings. The molecule has 0 atom stereocenters. The number of hydrogen-bond donors (Lipinski definition) is 0. The highest BCUT2D eigenvalue weighted by molar-refractivity contribution is 5.76. The summed E-state index contributed by atoms with van der Waals surface area (Å²) >= 11 is 0. The number of benzene rings is 3. The first-order chi connectivity index (χ1) is 12.9. The van der Waals surface area contributed by atoms with Crippen molar-refractivity contribution in [3.8, 4) is 33.8 Å². The Labute approximate surface area is 160 Å². The van der Waals surface area contributed by atoms with Crippen molar-refractivity contribution < 1.29 is 14.3 Å². The third kappa shape index (κ3) is 4.03. The van der Waals surface area contributed by atoms with E-state index in [2.05, 4.69) is 44.2 Å². The van der Waals surface area contributed by atoms with Crippen LogP contribution in [0.3, 0.4) is 0 Å². The molecule has 0 aliphatic rings. The molecule has 3 aromatic carbocycles. The molecule has 0 saturated carbocycles. The monoisotopic (exact) mass is 360 g/mol. The topological polar surface area (TPSA) is 35.5 Å². The van der Waals surface area contributed by atoms with Crippen molar-refractivity contribution in [2.45, 2.75) is 27.7 Å². The molecule has 3 rings (SSSR count). The summed E-state index contributed by atoms with van der Waals surface area (Å²) in [6.07, 6.45) is 0. The van der Waals surface area contributed by atoms with Gasteiger partial charge in [-0.05, 0) is 84.0 Å². The zero-order valence-corrected chi connectivity index (χ0v) is 16.4. The van der Waals surface area contributed by atoms with Crippen LogP contribution >= 0.6 is 0 Å². The minimum Gasteiger partial charge on any atom is -0.496 e. The van der Waals surface area contributed by atoms with Gasteiger partial charge in [-0.2, -0.15) is 0 Å². The molecule has 138 valence electrons. The lowest BCUT2D eigenvalue weighted by atomic mass is 9.93. The van der Waals surface area contributed by atoms with Crippen LogP contribution in [0.2, 0.25) is 0 Å². The number of hydrogen-bond acceptors (Lipinski definition) is 3. The second kappa shape index (κ2) is 7.67. The molecule has 0 aliphatic heterocycles. The Hall–Kier alpha value is -3.07. The van der Waals surface area contributed by atoms with E-state index < -0.39 is 0 Å². The summed E-state index contributed by atoms with van der Waals surface area (Å²) in [5.74, 6) is 1.17. The van der Waals surface area contributed by atoms with Gasteiger partial charge in [0.1, 0.15) is 11.5 Å². The predicted octanol–water partition coefficient (Wildman–Crippen LogP) is 5.88. The van der Waals surface area contributed by atoms with Gasteiger partial charge in [0.25, 0.3) is 0 Å². The fourth-order valence-corrected chi connectivity index (χ4v) is 3.39. The number of ether oxygens (including phenoxy) is 2. The van der Waals surface area contributed by atoms with Gasteiger partial charge in [-0.15, -0.1) is 0 Å². The van der Waals surface area contributed by atoms with Gasteiger partial charge in [0.15, 0.2) is 0 Å². The lowest BCUT2D eigenvalue weighted by Crippen LogP contribution is -2.01. The highest BCUT2D eigenvalue weighted by Gasteiger charge is 2.09. The first-order valence-electron chi connectivity index (χ1n) is 8.94. The third-order valence-electron chi connectivity index (χ3n) is 4.70. The van der Waals surface area contributed by atoms with Gasteiger partial charge >= 0.3 is 5.97 Å². The number of carbonyl (C=O) groups is 1. The van der Waals surface area contributed by atoms with Crippen LogP contribution in [0.15, 0.2) is 54.6 Å². The van der Waals surface area contributed by atoms with Gasteiger partial charge in [-0.3, -0.25) is 4.79 Å². The molecule has 27 heavy (non-hydrogen) atoms. The van der Waals surface area contributed by atoms with Gasteiger partial charge in [0, 0.05) is 6.92 Å². The van der Waals surface area contributed by atoms with Crippen LogP contribution in [0.1, 0.15) is 23.6 Å². The summed E-state index contributed by atoms with van der Waals surface area (Å²) in [5, 5.41) is 0. The molecule has 0 radical (unpaired) electrons. The summed E-state index contributed by atoms with van der Waals surface area (Å²) in [5.41, 5.74) is 8.06. The van der Waals surface area contributed by atoms with Gasteiger partial charge in [-0.1, -0.05) is 30.3 Å². The van der Waals surface area contributed by atoms with Crippen LogP contribution in [0.5, 0.6) is 11.5 Å². The Balaban J connectivity index is 1.95. The minimum atomic E-state index is -0.308. The molecule has 0 bridgehead atoms. The summed E-state index contributed by atoms with van der Waals surface area (Å²) in [7, 11) is 1.69. The molecule has 3 nitrogen and oxygen atoms in total. The molecule has 0 aliphatic carbocycles. The summed E-state index contributed by atoms with van der Waals surface area (Å²) in [6, 6.07) is 18.5. The van der Waals surface area contributed by atoms with Crippen molar-refractivity contribution in [2.75, 3.05) is 7.11 Å². The van der Waals surface area contributed by atoms with Gasteiger partial charge in [-0.25, -0.2) is 0 Å². The van der Waals surface area contributed by atoms with E-state index in [0.29, 0.717) is 5.75 Å². The van der Waals surface area contributed by atoms with Crippen LogP contribution in [-0.2, 0) is 4.79 Å². The lowest BCUT2D eigenvalue weighted by Gasteiger charge is -2.13. The minimum absolute atomic E-state index is 0.308. The molecule has 0 heterocycles. The molecule has 3 aromatic rings. The SMILES string of the molecule is COc1ccc(-c2ccc(-c3ccc(OC(C)=O)cc3C)cc2C)cc1C. The van der Waals surface area contributed by atoms with Crippen molar-refractivity contribution in [1.29, 1.82) is 0 Å².